The first-order chi connectivity index (χ1) is 11.8. The van der Waals surface area contributed by atoms with Gasteiger partial charge in [0.05, 0.1) is 18.5 Å². The number of hydrogen-bond donors (Lipinski definition) is 2. The Bertz CT molecular complexity index is 972. The summed E-state index contributed by atoms with van der Waals surface area (Å²) in [6, 6.07) is 11.3. The lowest BCUT2D eigenvalue weighted by Crippen LogP contribution is -2.24. The summed E-state index contributed by atoms with van der Waals surface area (Å²) in [4.78, 5) is 16.6. The molecule has 3 heterocycles. The molecule has 0 bridgehead atoms. The van der Waals surface area contributed by atoms with E-state index in [4.69, 9.17) is 4.74 Å². The maximum absolute atomic E-state index is 12.5. The Balaban J connectivity index is 1.53. The number of benzene rings is 1. The summed E-state index contributed by atoms with van der Waals surface area (Å²) in [6.07, 6.45) is 6.67. The smallest absolute Gasteiger partial charge is 0.251 e. The van der Waals surface area contributed by atoms with Crippen LogP contribution in [0.25, 0.3) is 17.1 Å². The number of aromatic amines is 1. The molecule has 0 atom stereocenters. The van der Waals surface area contributed by atoms with Crippen molar-refractivity contribution < 1.29 is 9.53 Å². The summed E-state index contributed by atoms with van der Waals surface area (Å²) in [7, 11) is 0. The van der Waals surface area contributed by atoms with Crippen LogP contribution in [0.2, 0.25) is 0 Å². The van der Waals surface area contributed by atoms with Gasteiger partial charge in [-0.2, -0.15) is 5.10 Å². The van der Waals surface area contributed by atoms with Gasteiger partial charge < -0.3 is 10.1 Å². The number of carbonyl (C=O) groups excluding carboxylic acids is 1. The molecule has 0 spiro atoms. The first-order valence-electron chi connectivity index (χ1n) is 7.51. The van der Waals surface area contributed by atoms with E-state index in [2.05, 4.69) is 20.5 Å². The molecule has 1 aromatic carbocycles. The number of fused-ring (bicyclic) bond motifs is 2. The molecular formula is C18H14N4O2. The van der Waals surface area contributed by atoms with Crippen molar-refractivity contribution in [3.8, 4) is 5.75 Å². The second kappa shape index (κ2) is 6.00. The molecule has 0 saturated heterocycles. The summed E-state index contributed by atoms with van der Waals surface area (Å²) < 4.78 is 5.50. The molecule has 118 valence electrons. The number of ether oxygens (including phenoxy) is 1. The second-order valence-electron chi connectivity index (χ2n) is 5.32. The van der Waals surface area contributed by atoms with Crippen molar-refractivity contribution in [1.29, 1.82) is 0 Å². The molecular weight excluding hydrogens is 304 g/mol. The molecule has 1 aliphatic rings. The van der Waals surface area contributed by atoms with Crippen LogP contribution in [0.4, 0.5) is 0 Å². The van der Waals surface area contributed by atoms with Crippen LogP contribution in [0, 0.1) is 0 Å². The summed E-state index contributed by atoms with van der Waals surface area (Å²) in [5.74, 6) is 0.542. The second-order valence-corrected chi connectivity index (χ2v) is 5.32. The highest BCUT2D eigenvalue weighted by molar-refractivity contribution is 6.01. The predicted octanol–water partition coefficient (Wildman–Crippen LogP) is 2.56. The molecule has 1 amide bonds. The fraction of sp³-hybridized carbons (Fsp3) is 0.0556. The molecule has 24 heavy (non-hydrogen) atoms. The molecule has 3 aromatic rings. The number of para-hydroxylation sites is 1. The third-order valence-electron chi connectivity index (χ3n) is 3.77. The third-order valence-corrected chi connectivity index (χ3v) is 3.77. The number of amides is 1. The maximum atomic E-state index is 12.5. The Morgan fingerprint density at radius 2 is 2.12 bits per heavy atom. The molecule has 1 aliphatic heterocycles. The van der Waals surface area contributed by atoms with Crippen molar-refractivity contribution >= 4 is 23.0 Å². The van der Waals surface area contributed by atoms with Crippen molar-refractivity contribution in [3.05, 3.63) is 71.8 Å². The van der Waals surface area contributed by atoms with Crippen LogP contribution in [0.15, 0.2) is 60.5 Å². The van der Waals surface area contributed by atoms with Crippen LogP contribution >= 0.6 is 0 Å². The zero-order chi connectivity index (χ0) is 16.4. The normalized spacial score (nSPS) is 12.9. The van der Waals surface area contributed by atoms with E-state index in [1.807, 2.05) is 36.4 Å². The van der Waals surface area contributed by atoms with Crippen molar-refractivity contribution in [3.63, 3.8) is 0 Å². The van der Waals surface area contributed by atoms with E-state index in [0.717, 1.165) is 22.4 Å². The Morgan fingerprint density at radius 3 is 3.08 bits per heavy atom. The Labute approximate surface area is 137 Å². The Hall–Kier alpha value is -3.41. The van der Waals surface area contributed by atoms with Gasteiger partial charge >= 0.3 is 0 Å². The van der Waals surface area contributed by atoms with Crippen LogP contribution in [0.5, 0.6) is 5.75 Å². The lowest BCUT2D eigenvalue weighted by atomic mass is 10.1. The van der Waals surface area contributed by atoms with Crippen LogP contribution in [0.1, 0.15) is 11.3 Å². The lowest BCUT2D eigenvalue weighted by Gasteiger charge is -2.04. The van der Waals surface area contributed by atoms with E-state index in [9.17, 15) is 4.79 Å². The van der Waals surface area contributed by atoms with Gasteiger partial charge in [0.1, 0.15) is 5.75 Å². The number of pyridine rings is 1. The van der Waals surface area contributed by atoms with E-state index >= 15 is 0 Å². The van der Waals surface area contributed by atoms with Gasteiger partial charge in [-0.15, -0.1) is 0 Å². The summed E-state index contributed by atoms with van der Waals surface area (Å²) in [5, 5.41) is 10.8. The van der Waals surface area contributed by atoms with E-state index in [-0.39, 0.29) is 5.91 Å². The van der Waals surface area contributed by atoms with Crippen molar-refractivity contribution in [1.82, 2.24) is 20.5 Å². The van der Waals surface area contributed by atoms with E-state index in [0.29, 0.717) is 17.8 Å². The average molecular weight is 318 g/mol. The van der Waals surface area contributed by atoms with Gasteiger partial charge in [0.15, 0.2) is 5.65 Å². The zero-order valence-corrected chi connectivity index (χ0v) is 12.7. The highest BCUT2D eigenvalue weighted by atomic mass is 16.5. The molecule has 0 fully saturated rings. The summed E-state index contributed by atoms with van der Waals surface area (Å²) in [5.41, 5.74) is 2.85. The number of hydrogen-bond acceptors (Lipinski definition) is 4. The number of carbonyl (C=O) groups is 1. The maximum Gasteiger partial charge on any atom is 0.251 e. The number of nitrogens with zero attached hydrogens (tertiary/aromatic N) is 2. The summed E-state index contributed by atoms with van der Waals surface area (Å²) in [6.45, 7) is 0.342. The van der Waals surface area contributed by atoms with Crippen molar-refractivity contribution in [2.24, 2.45) is 0 Å². The van der Waals surface area contributed by atoms with Gasteiger partial charge in [-0.3, -0.25) is 9.89 Å². The molecule has 0 aliphatic carbocycles. The first kappa shape index (κ1) is 14.2. The van der Waals surface area contributed by atoms with Gasteiger partial charge in [-0.25, -0.2) is 4.98 Å². The van der Waals surface area contributed by atoms with Crippen LogP contribution in [-0.2, 0) is 11.3 Å². The molecule has 2 aromatic heterocycles. The zero-order valence-electron chi connectivity index (χ0n) is 12.7. The van der Waals surface area contributed by atoms with Gasteiger partial charge in [0, 0.05) is 22.7 Å². The van der Waals surface area contributed by atoms with E-state index in [1.165, 1.54) is 6.26 Å². The lowest BCUT2D eigenvalue weighted by molar-refractivity contribution is -0.117. The number of nitrogens with one attached hydrogen (secondary N) is 2. The molecule has 6 heteroatoms. The molecule has 0 unspecified atom stereocenters. The van der Waals surface area contributed by atoms with E-state index < -0.39 is 0 Å². The van der Waals surface area contributed by atoms with Crippen LogP contribution in [0.3, 0.4) is 0 Å². The number of rotatable bonds is 3. The fourth-order valence-electron chi connectivity index (χ4n) is 2.55. The largest absolute Gasteiger partial charge is 0.464 e. The minimum atomic E-state index is -0.182. The van der Waals surface area contributed by atoms with Gasteiger partial charge in [-0.05, 0) is 30.4 Å². The minimum Gasteiger partial charge on any atom is -0.464 e. The van der Waals surface area contributed by atoms with Gasteiger partial charge in [-0.1, -0.05) is 18.2 Å². The standard InChI is InChI=1S/C18H14N4O2/c23-18(13-7-9-24-16-6-2-1-4-12(16)10-13)20-11-15-14-5-3-8-19-17(14)22-21-15/h1-10H,11H2,(H,20,23)(H,19,21,22). The third kappa shape index (κ3) is 2.65. The Kier molecular flexibility index (Phi) is 3.55. The molecule has 0 saturated carbocycles. The van der Waals surface area contributed by atoms with Crippen molar-refractivity contribution in [2.45, 2.75) is 6.54 Å². The van der Waals surface area contributed by atoms with Gasteiger partial charge in [0.2, 0.25) is 0 Å². The molecule has 2 N–H and O–H groups in total. The van der Waals surface area contributed by atoms with Crippen LogP contribution in [-0.4, -0.2) is 21.1 Å². The topological polar surface area (TPSA) is 79.9 Å². The number of H-pyrrole nitrogens is 1. The quantitative estimate of drug-likeness (QED) is 0.778. The monoisotopic (exact) mass is 318 g/mol. The molecule has 4 rings (SSSR count). The Morgan fingerprint density at radius 1 is 1.21 bits per heavy atom. The SMILES string of the molecule is O=C(NCc1[nH]nc2ncccc12)C1=Cc2ccccc2OC=C1. The van der Waals surface area contributed by atoms with Gasteiger partial charge in [0.25, 0.3) is 5.91 Å². The van der Waals surface area contributed by atoms with Crippen molar-refractivity contribution in [2.75, 3.05) is 0 Å². The molecule has 0 radical (unpaired) electrons. The minimum absolute atomic E-state index is 0.182. The fourth-order valence-corrected chi connectivity index (χ4v) is 2.55. The highest BCUT2D eigenvalue weighted by Gasteiger charge is 2.13. The predicted molar refractivity (Wildman–Crippen MR) is 89.9 cm³/mol. The number of aromatic nitrogens is 3. The highest BCUT2D eigenvalue weighted by Crippen LogP contribution is 2.24. The van der Waals surface area contributed by atoms with Crippen LogP contribution < -0.4 is 10.1 Å². The van der Waals surface area contributed by atoms with E-state index in [1.54, 1.807) is 18.3 Å². The first-order valence-corrected chi connectivity index (χ1v) is 7.51. The summed E-state index contributed by atoms with van der Waals surface area (Å²) >= 11 is 0. The molecule has 6 nitrogen and oxygen atoms in total. The average Bonchev–Trinajstić information content (AvgIpc) is 2.90.